The van der Waals surface area contributed by atoms with Crippen molar-refractivity contribution in [1.29, 1.82) is 0 Å². The Balaban J connectivity index is 1.43. The van der Waals surface area contributed by atoms with Gasteiger partial charge in [-0.15, -0.1) is 11.3 Å². The lowest BCUT2D eigenvalue weighted by Crippen LogP contribution is -2.27. The molecule has 0 bridgehead atoms. The molecule has 1 aliphatic rings. The molecular formula is C35H37ClN2O3S. The number of carbonyl (C=O) groups excluding carboxylic acids is 1. The molecule has 0 spiro atoms. The number of halogens is 1. The molecule has 7 heteroatoms. The van der Waals surface area contributed by atoms with E-state index in [2.05, 4.69) is 26.1 Å². The van der Waals surface area contributed by atoms with Gasteiger partial charge in [-0.05, 0) is 85.0 Å². The van der Waals surface area contributed by atoms with Crippen LogP contribution in [0.2, 0.25) is 5.02 Å². The highest BCUT2D eigenvalue weighted by Crippen LogP contribution is 2.45. The van der Waals surface area contributed by atoms with Gasteiger partial charge in [-0.25, -0.2) is 4.99 Å². The minimum absolute atomic E-state index is 0.113. The number of hydrogen-bond donors (Lipinski definition) is 1. The summed E-state index contributed by atoms with van der Waals surface area (Å²) >= 11 is 7.95. The Morgan fingerprint density at radius 2 is 1.81 bits per heavy atom. The molecule has 1 amide bonds. The van der Waals surface area contributed by atoms with E-state index in [1.807, 2.05) is 79.7 Å². The summed E-state index contributed by atoms with van der Waals surface area (Å²) in [5, 5.41) is 4.49. The summed E-state index contributed by atoms with van der Waals surface area (Å²) in [6.45, 7) is 9.68. The average molecular weight is 601 g/mol. The molecule has 3 aromatic carbocycles. The predicted octanol–water partition coefficient (Wildman–Crippen LogP) is 9.53. The number of amides is 1. The fraction of sp³-hybridized carbons (Fsp3) is 0.314. The SMILES string of the molecule is CCOc1cc(C=Nc2sc3c(c2C(=O)Nc2ccccc2)CC[C@@H](C(C)(C)C)C3)ccc1OCc1ccccc1Cl. The standard InChI is InChI=1S/C35H37ClN2O3S/c1-5-40-30-19-23(15-18-29(30)41-22-24-11-9-10-14-28(24)36)21-37-34-32(33(39)38-26-12-7-6-8-13-26)27-17-16-25(35(2,3)4)20-31(27)42-34/h6-15,18-19,21,25H,5,16-17,20,22H2,1-4H3,(H,38,39)/t25-/m1/s1. The molecule has 1 N–H and O–H groups in total. The van der Waals surface area contributed by atoms with Crippen LogP contribution < -0.4 is 14.8 Å². The number of para-hydroxylation sites is 1. The molecule has 5 nitrogen and oxygen atoms in total. The summed E-state index contributed by atoms with van der Waals surface area (Å²) in [5.74, 6) is 1.72. The molecule has 0 unspecified atom stereocenters. The third-order valence-corrected chi connectivity index (χ3v) is 9.20. The Morgan fingerprint density at radius 3 is 2.55 bits per heavy atom. The van der Waals surface area contributed by atoms with Gasteiger partial charge < -0.3 is 14.8 Å². The van der Waals surface area contributed by atoms with E-state index in [1.165, 1.54) is 4.88 Å². The summed E-state index contributed by atoms with van der Waals surface area (Å²) in [7, 11) is 0. The zero-order chi connectivity index (χ0) is 29.7. The monoisotopic (exact) mass is 600 g/mol. The fourth-order valence-electron chi connectivity index (χ4n) is 5.25. The van der Waals surface area contributed by atoms with Gasteiger partial charge in [0, 0.05) is 27.4 Å². The first-order valence-electron chi connectivity index (χ1n) is 14.4. The number of carbonyl (C=O) groups is 1. The number of fused-ring (bicyclic) bond motifs is 1. The zero-order valence-electron chi connectivity index (χ0n) is 24.6. The van der Waals surface area contributed by atoms with E-state index in [-0.39, 0.29) is 11.3 Å². The van der Waals surface area contributed by atoms with Gasteiger partial charge in [-0.1, -0.05) is 68.8 Å². The molecule has 5 rings (SSSR count). The van der Waals surface area contributed by atoms with E-state index < -0.39 is 0 Å². The maximum atomic E-state index is 13.6. The number of aliphatic imine (C=N–C) groups is 1. The van der Waals surface area contributed by atoms with Crippen molar-refractivity contribution in [3.63, 3.8) is 0 Å². The van der Waals surface area contributed by atoms with Crippen molar-refractivity contribution in [2.24, 2.45) is 16.3 Å². The van der Waals surface area contributed by atoms with Crippen LogP contribution in [0.1, 0.15) is 66.0 Å². The van der Waals surface area contributed by atoms with Crippen LogP contribution in [0.4, 0.5) is 10.7 Å². The van der Waals surface area contributed by atoms with Crippen molar-refractivity contribution < 1.29 is 14.3 Å². The minimum Gasteiger partial charge on any atom is -0.490 e. The molecule has 218 valence electrons. The molecule has 42 heavy (non-hydrogen) atoms. The lowest BCUT2D eigenvalue weighted by molar-refractivity contribution is 0.102. The van der Waals surface area contributed by atoms with E-state index in [4.69, 9.17) is 26.1 Å². The molecule has 1 aromatic heterocycles. The van der Waals surface area contributed by atoms with Crippen molar-refractivity contribution in [1.82, 2.24) is 0 Å². The highest BCUT2D eigenvalue weighted by atomic mass is 35.5. The van der Waals surface area contributed by atoms with Crippen LogP contribution in [0.25, 0.3) is 0 Å². The van der Waals surface area contributed by atoms with Gasteiger partial charge >= 0.3 is 0 Å². The summed E-state index contributed by atoms with van der Waals surface area (Å²) in [6.07, 6.45) is 4.72. The van der Waals surface area contributed by atoms with Gasteiger partial charge in [0.25, 0.3) is 5.91 Å². The number of benzene rings is 3. The van der Waals surface area contributed by atoms with Gasteiger partial charge in [0.2, 0.25) is 0 Å². The second-order valence-electron chi connectivity index (χ2n) is 11.6. The summed E-state index contributed by atoms with van der Waals surface area (Å²) in [6, 6.07) is 23.0. The van der Waals surface area contributed by atoms with Crippen LogP contribution in [0.15, 0.2) is 77.8 Å². The molecule has 1 heterocycles. The van der Waals surface area contributed by atoms with Crippen LogP contribution in [0.5, 0.6) is 11.5 Å². The second kappa shape index (κ2) is 13.1. The highest BCUT2D eigenvalue weighted by Gasteiger charge is 2.33. The summed E-state index contributed by atoms with van der Waals surface area (Å²) in [4.78, 5) is 19.8. The van der Waals surface area contributed by atoms with Crippen LogP contribution in [-0.4, -0.2) is 18.7 Å². The molecular weight excluding hydrogens is 564 g/mol. The molecule has 1 aliphatic carbocycles. The van der Waals surface area contributed by atoms with E-state index in [9.17, 15) is 4.79 Å². The number of ether oxygens (including phenoxy) is 2. The maximum Gasteiger partial charge on any atom is 0.259 e. The largest absolute Gasteiger partial charge is 0.490 e. The predicted molar refractivity (Wildman–Crippen MR) is 174 cm³/mol. The quantitative estimate of drug-likeness (QED) is 0.195. The van der Waals surface area contributed by atoms with Crippen LogP contribution in [-0.2, 0) is 19.4 Å². The first kappa shape index (κ1) is 29.9. The van der Waals surface area contributed by atoms with Crippen molar-refractivity contribution in [3.8, 4) is 11.5 Å². The van der Waals surface area contributed by atoms with Gasteiger partial charge in [0.05, 0.1) is 12.2 Å². The zero-order valence-corrected chi connectivity index (χ0v) is 26.1. The van der Waals surface area contributed by atoms with Gasteiger partial charge in [0.15, 0.2) is 11.5 Å². The lowest BCUT2D eigenvalue weighted by Gasteiger charge is -2.33. The number of thiophene rings is 1. The molecule has 0 radical (unpaired) electrons. The van der Waals surface area contributed by atoms with E-state index in [0.717, 1.165) is 46.6 Å². The van der Waals surface area contributed by atoms with Crippen LogP contribution >= 0.6 is 22.9 Å². The highest BCUT2D eigenvalue weighted by molar-refractivity contribution is 7.16. The lowest BCUT2D eigenvalue weighted by atomic mass is 9.72. The second-order valence-corrected chi connectivity index (χ2v) is 13.1. The fourth-order valence-corrected chi connectivity index (χ4v) is 6.71. The molecule has 0 aliphatic heterocycles. The van der Waals surface area contributed by atoms with Crippen LogP contribution in [0, 0.1) is 11.3 Å². The average Bonchev–Trinajstić information content (AvgIpc) is 3.34. The summed E-state index contributed by atoms with van der Waals surface area (Å²) < 4.78 is 12.0. The Morgan fingerprint density at radius 1 is 1.05 bits per heavy atom. The van der Waals surface area contributed by atoms with Crippen molar-refractivity contribution in [3.05, 3.63) is 105 Å². The van der Waals surface area contributed by atoms with E-state index in [1.54, 1.807) is 17.6 Å². The molecule has 4 aromatic rings. The third kappa shape index (κ3) is 7.05. The van der Waals surface area contributed by atoms with Gasteiger partial charge in [-0.3, -0.25) is 4.79 Å². The van der Waals surface area contributed by atoms with Crippen molar-refractivity contribution in [2.45, 2.75) is 53.6 Å². The molecule has 0 fully saturated rings. The molecule has 0 saturated carbocycles. The Bertz CT molecular complexity index is 1570. The van der Waals surface area contributed by atoms with Crippen molar-refractivity contribution in [2.75, 3.05) is 11.9 Å². The first-order chi connectivity index (χ1) is 20.2. The first-order valence-corrected chi connectivity index (χ1v) is 15.6. The minimum atomic E-state index is -0.113. The number of rotatable bonds is 9. The Kier molecular flexibility index (Phi) is 9.34. The topological polar surface area (TPSA) is 59.9 Å². The Hall–Kier alpha value is -3.61. The Labute approximate surface area is 257 Å². The summed E-state index contributed by atoms with van der Waals surface area (Å²) in [5.41, 5.74) is 4.57. The molecule has 1 atom stereocenters. The maximum absolute atomic E-state index is 13.6. The van der Waals surface area contributed by atoms with Crippen molar-refractivity contribution >= 4 is 45.7 Å². The number of anilines is 1. The van der Waals surface area contributed by atoms with Gasteiger partial charge in [-0.2, -0.15) is 0 Å². The normalized spacial score (nSPS) is 14.9. The number of nitrogens with one attached hydrogen (secondary N) is 1. The molecule has 0 saturated heterocycles. The third-order valence-electron chi connectivity index (χ3n) is 7.67. The smallest absolute Gasteiger partial charge is 0.259 e. The van der Waals surface area contributed by atoms with Gasteiger partial charge in [0.1, 0.15) is 11.6 Å². The number of hydrogen-bond acceptors (Lipinski definition) is 5. The van der Waals surface area contributed by atoms with E-state index >= 15 is 0 Å². The van der Waals surface area contributed by atoms with E-state index in [0.29, 0.717) is 41.2 Å². The number of nitrogens with zero attached hydrogens (tertiary/aromatic N) is 1. The van der Waals surface area contributed by atoms with Crippen LogP contribution in [0.3, 0.4) is 0 Å².